The maximum atomic E-state index is 13.6. The Morgan fingerprint density at radius 2 is 1.68 bits per heavy atom. The van der Waals surface area contributed by atoms with E-state index in [0.717, 1.165) is 50.8 Å². The summed E-state index contributed by atoms with van der Waals surface area (Å²) in [6.45, 7) is 5.60. The average molecular weight is 521 g/mol. The van der Waals surface area contributed by atoms with E-state index < -0.39 is 0 Å². The molecular formula is C28H36N6O4. The summed E-state index contributed by atoms with van der Waals surface area (Å²) in [6.07, 6.45) is 2.86. The normalized spacial score (nSPS) is 33.5. The van der Waals surface area contributed by atoms with E-state index in [1.54, 1.807) is 13.2 Å². The lowest BCUT2D eigenvalue weighted by Crippen LogP contribution is -2.45. The summed E-state index contributed by atoms with van der Waals surface area (Å²) >= 11 is 0. The van der Waals surface area contributed by atoms with Gasteiger partial charge in [0.2, 0.25) is 5.91 Å². The number of methoxy groups -OCH3 is 1. The molecule has 5 fully saturated rings. The second-order valence-corrected chi connectivity index (χ2v) is 11.6. The first kappa shape index (κ1) is 24.1. The third-order valence-corrected chi connectivity index (χ3v) is 9.74. The lowest BCUT2D eigenvalue weighted by molar-refractivity contribution is -0.136. The maximum absolute atomic E-state index is 13.6. The highest BCUT2D eigenvalue weighted by Gasteiger charge is 2.59. The van der Waals surface area contributed by atoms with Gasteiger partial charge in [-0.25, -0.2) is 15.8 Å². The fourth-order valence-corrected chi connectivity index (χ4v) is 7.78. The smallest absolute Gasteiger partial charge is 0.272 e. The lowest BCUT2D eigenvalue weighted by atomic mass is 9.60. The van der Waals surface area contributed by atoms with Crippen LogP contribution < -0.4 is 25.9 Å². The second kappa shape index (κ2) is 9.36. The van der Waals surface area contributed by atoms with Crippen LogP contribution in [0.5, 0.6) is 11.5 Å². The number of pyridine rings is 1. The van der Waals surface area contributed by atoms with Gasteiger partial charge in [0, 0.05) is 61.7 Å². The number of carbonyl (C=O) groups is 2. The van der Waals surface area contributed by atoms with Gasteiger partial charge in [0.15, 0.2) is 0 Å². The number of rotatable bonds is 5. The van der Waals surface area contributed by atoms with Crippen molar-refractivity contribution >= 4 is 22.7 Å². The Hall–Kier alpha value is -2.95. The summed E-state index contributed by atoms with van der Waals surface area (Å²) in [6, 6.07) is 8.17. The number of ether oxygens (including phenoxy) is 2. The summed E-state index contributed by atoms with van der Waals surface area (Å²) in [5.74, 6) is 3.70. The van der Waals surface area contributed by atoms with Crippen molar-refractivity contribution in [2.24, 2.45) is 29.6 Å². The third kappa shape index (κ3) is 3.84. The number of fused-ring (bicyclic) bond motifs is 6. The van der Waals surface area contributed by atoms with Crippen LogP contribution in [0.15, 0.2) is 24.3 Å². The van der Waals surface area contributed by atoms with Gasteiger partial charge in [0.05, 0.1) is 19.2 Å². The zero-order valence-electron chi connectivity index (χ0n) is 22.0. The van der Waals surface area contributed by atoms with E-state index in [-0.39, 0.29) is 11.8 Å². The molecule has 2 aliphatic carbocycles. The third-order valence-electron chi connectivity index (χ3n) is 9.74. The van der Waals surface area contributed by atoms with Crippen LogP contribution in [0.3, 0.4) is 0 Å². The van der Waals surface area contributed by atoms with Crippen molar-refractivity contribution in [1.82, 2.24) is 31.2 Å². The van der Waals surface area contributed by atoms with E-state index in [9.17, 15) is 9.59 Å². The molecule has 5 aliphatic rings. The van der Waals surface area contributed by atoms with Gasteiger partial charge in [0.25, 0.3) is 5.91 Å². The van der Waals surface area contributed by atoms with Crippen molar-refractivity contribution < 1.29 is 19.1 Å². The number of nitrogens with zero attached hydrogens (tertiary/aromatic N) is 3. The number of benzene rings is 1. The van der Waals surface area contributed by atoms with Crippen molar-refractivity contribution in [3.63, 3.8) is 0 Å². The molecule has 4 heterocycles. The first-order valence-corrected chi connectivity index (χ1v) is 14.0. The molecule has 202 valence electrons. The van der Waals surface area contributed by atoms with Crippen molar-refractivity contribution in [2.75, 3.05) is 39.9 Å². The Morgan fingerprint density at radius 1 is 0.974 bits per heavy atom. The molecule has 38 heavy (non-hydrogen) atoms. The number of amides is 2. The minimum Gasteiger partial charge on any atom is -0.497 e. The molecule has 2 saturated carbocycles. The number of hydrogen-bond acceptors (Lipinski definition) is 8. The predicted molar refractivity (Wildman–Crippen MR) is 140 cm³/mol. The van der Waals surface area contributed by atoms with E-state index >= 15 is 0 Å². The number of hydrogen-bond donors (Lipinski definition) is 3. The van der Waals surface area contributed by atoms with Gasteiger partial charge in [-0.05, 0) is 62.0 Å². The van der Waals surface area contributed by atoms with Crippen molar-refractivity contribution in [3.8, 4) is 11.5 Å². The van der Waals surface area contributed by atoms with Crippen LogP contribution in [0.2, 0.25) is 0 Å². The van der Waals surface area contributed by atoms with E-state index in [2.05, 4.69) is 21.3 Å². The van der Waals surface area contributed by atoms with Gasteiger partial charge in [-0.3, -0.25) is 9.59 Å². The van der Waals surface area contributed by atoms with Crippen LogP contribution in [0.1, 0.15) is 36.7 Å². The molecule has 3 saturated heterocycles. The summed E-state index contributed by atoms with van der Waals surface area (Å²) in [4.78, 5) is 35.8. The summed E-state index contributed by atoms with van der Waals surface area (Å²) in [5.41, 5.74) is 10.6. The quantitative estimate of drug-likeness (QED) is 0.546. The average Bonchev–Trinajstić information content (AvgIpc) is 3.66. The zero-order chi connectivity index (χ0) is 26.0. The van der Waals surface area contributed by atoms with E-state index in [1.165, 1.54) is 0 Å². The van der Waals surface area contributed by atoms with Gasteiger partial charge in [-0.2, -0.15) is 5.53 Å². The molecule has 1 aromatic carbocycles. The lowest BCUT2D eigenvalue weighted by Gasteiger charge is -2.42. The minimum absolute atomic E-state index is 0.0425. The van der Waals surface area contributed by atoms with Crippen molar-refractivity contribution in [2.45, 2.75) is 38.3 Å². The molecular weight excluding hydrogens is 484 g/mol. The van der Waals surface area contributed by atoms with Gasteiger partial charge in [-0.1, -0.05) is 0 Å². The Labute approximate surface area is 222 Å². The predicted octanol–water partition coefficient (Wildman–Crippen LogP) is 1.57. The van der Waals surface area contributed by atoms with Crippen LogP contribution in [-0.2, 0) is 4.79 Å². The number of carbonyl (C=O) groups excluding carboxylic acids is 2. The number of hydrazine groups is 2. The van der Waals surface area contributed by atoms with Crippen LogP contribution >= 0.6 is 0 Å². The first-order chi connectivity index (χ1) is 18.5. The fourth-order valence-electron chi connectivity index (χ4n) is 7.78. The monoisotopic (exact) mass is 520 g/mol. The second-order valence-electron chi connectivity index (χ2n) is 11.6. The highest BCUT2D eigenvalue weighted by molar-refractivity contribution is 5.97. The molecule has 2 aromatic rings. The molecule has 3 aliphatic heterocycles. The van der Waals surface area contributed by atoms with Gasteiger partial charge >= 0.3 is 0 Å². The maximum Gasteiger partial charge on any atom is 0.272 e. The fraction of sp³-hybridized carbons (Fsp3) is 0.607. The molecule has 1 aromatic heterocycles. The largest absolute Gasteiger partial charge is 0.497 e. The van der Waals surface area contributed by atoms with Gasteiger partial charge in [0.1, 0.15) is 17.2 Å². The minimum atomic E-state index is -0.0425. The molecule has 7 rings (SSSR count). The standard InChI is InChI=1S/C28H36N6O4/c1-3-38-26-10-25(29-23-9-16(37-2)5-6-17(23)26)28(36)34-13-20-18-11-33(12-19(18)21(20)14-34)27(35)15-4-7-22-24(8-15)31-32-30-22/h5-6,9-10,15,18-22,24,30-32H,3-4,7-8,11-14H2,1-2H3/t15?,18-,19+,20+,21-,22?,24?. The first-order valence-electron chi connectivity index (χ1n) is 14.0. The van der Waals surface area contributed by atoms with E-state index in [4.69, 9.17) is 14.5 Å². The Balaban J connectivity index is 1.02. The molecule has 2 amide bonds. The Kier molecular flexibility index (Phi) is 5.94. The highest BCUT2D eigenvalue weighted by Crippen LogP contribution is 2.54. The molecule has 3 unspecified atom stereocenters. The number of likely N-dealkylation sites (tertiary alicyclic amines) is 2. The Morgan fingerprint density at radius 3 is 2.39 bits per heavy atom. The van der Waals surface area contributed by atoms with Gasteiger partial charge in [-0.15, -0.1) is 0 Å². The summed E-state index contributed by atoms with van der Waals surface area (Å²) < 4.78 is 11.2. The van der Waals surface area contributed by atoms with Gasteiger partial charge < -0.3 is 19.3 Å². The van der Waals surface area contributed by atoms with Crippen LogP contribution in [-0.4, -0.2) is 78.6 Å². The summed E-state index contributed by atoms with van der Waals surface area (Å²) in [7, 11) is 1.62. The molecule has 10 nitrogen and oxygen atoms in total. The highest BCUT2D eigenvalue weighted by atomic mass is 16.5. The molecule has 10 heteroatoms. The van der Waals surface area contributed by atoms with Crippen LogP contribution in [0, 0.1) is 29.6 Å². The molecule has 0 spiro atoms. The zero-order valence-corrected chi connectivity index (χ0v) is 22.0. The van der Waals surface area contributed by atoms with Crippen LogP contribution in [0.25, 0.3) is 10.9 Å². The SMILES string of the molecule is CCOc1cc(C(=O)N2C[C@@H]3[C@H](C2)[C@H]2CN(C(=O)C4CCC5NNNC5C4)C[C@@H]32)nc2cc(OC)ccc12. The Bertz CT molecular complexity index is 1250. The number of nitrogens with one attached hydrogen (secondary N) is 3. The van der Waals surface area contributed by atoms with Crippen molar-refractivity contribution in [3.05, 3.63) is 30.0 Å². The topological polar surface area (TPSA) is 108 Å². The van der Waals surface area contributed by atoms with E-state index in [1.807, 2.05) is 30.0 Å². The molecule has 0 radical (unpaired) electrons. The number of aromatic nitrogens is 1. The molecule has 7 atom stereocenters. The molecule has 3 N–H and O–H groups in total. The molecule has 0 bridgehead atoms. The van der Waals surface area contributed by atoms with E-state index in [0.29, 0.717) is 71.0 Å². The van der Waals surface area contributed by atoms with Crippen LogP contribution in [0.4, 0.5) is 0 Å². The van der Waals surface area contributed by atoms with Crippen molar-refractivity contribution in [1.29, 1.82) is 0 Å². The summed E-state index contributed by atoms with van der Waals surface area (Å²) in [5, 5.41) is 0.870.